The maximum absolute atomic E-state index is 12.4. The molecule has 2 aromatic carbocycles. The topological polar surface area (TPSA) is 59.8 Å². The van der Waals surface area contributed by atoms with Crippen molar-refractivity contribution in [3.05, 3.63) is 84.1 Å². The number of rotatable bonds is 5. The molecule has 4 rings (SSSR count). The molecular formula is C22H20N4O. The summed E-state index contributed by atoms with van der Waals surface area (Å²) in [7, 11) is 0. The standard InChI is InChI=1S/C22H20N4O/c1-16-9-11-18(12-10-16)22(27)24-14-15-26-20(17-6-3-2-4-7-17)25-19-8-5-13-23-21(19)26/h2-13H,14-15H2,1H3,(H,24,27). The molecule has 0 aliphatic heterocycles. The van der Waals surface area contributed by atoms with Crippen LogP contribution in [0.5, 0.6) is 0 Å². The van der Waals surface area contributed by atoms with Gasteiger partial charge >= 0.3 is 0 Å². The predicted octanol–water partition coefficient (Wildman–Crippen LogP) is 3.84. The zero-order chi connectivity index (χ0) is 18.6. The van der Waals surface area contributed by atoms with E-state index in [1.807, 2.05) is 73.7 Å². The van der Waals surface area contributed by atoms with Crippen molar-refractivity contribution in [1.82, 2.24) is 19.9 Å². The van der Waals surface area contributed by atoms with Crippen LogP contribution in [0.25, 0.3) is 22.6 Å². The number of carbonyl (C=O) groups excluding carboxylic acids is 1. The van der Waals surface area contributed by atoms with Crippen molar-refractivity contribution in [3.8, 4) is 11.4 Å². The second-order valence-corrected chi connectivity index (χ2v) is 6.42. The molecular weight excluding hydrogens is 336 g/mol. The Morgan fingerprint density at radius 1 is 1.00 bits per heavy atom. The van der Waals surface area contributed by atoms with E-state index in [-0.39, 0.29) is 5.91 Å². The predicted molar refractivity (Wildman–Crippen MR) is 106 cm³/mol. The van der Waals surface area contributed by atoms with E-state index in [2.05, 4.69) is 14.9 Å². The number of carbonyl (C=O) groups is 1. The molecule has 0 radical (unpaired) electrons. The SMILES string of the molecule is Cc1ccc(C(=O)NCCn2c(-c3ccccc3)nc3cccnc32)cc1. The first-order chi connectivity index (χ1) is 13.2. The first-order valence-electron chi connectivity index (χ1n) is 8.94. The Kier molecular flexibility index (Phi) is 4.66. The zero-order valence-corrected chi connectivity index (χ0v) is 15.1. The molecule has 0 bridgehead atoms. The maximum atomic E-state index is 12.4. The molecule has 2 heterocycles. The van der Waals surface area contributed by atoms with Crippen LogP contribution in [0.3, 0.4) is 0 Å². The molecule has 0 saturated heterocycles. The van der Waals surface area contributed by atoms with Gasteiger partial charge in [-0.15, -0.1) is 0 Å². The van der Waals surface area contributed by atoms with Crippen molar-refractivity contribution in [3.63, 3.8) is 0 Å². The van der Waals surface area contributed by atoms with Crippen molar-refractivity contribution in [2.75, 3.05) is 6.54 Å². The lowest BCUT2D eigenvalue weighted by atomic mass is 10.1. The minimum absolute atomic E-state index is 0.0753. The van der Waals surface area contributed by atoms with Crippen LogP contribution in [0.2, 0.25) is 0 Å². The van der Waals surface area contributed by atoms with Crippen LogP contribution in [-0.4, -0.2) is 27.0 Å². The number of benzene rings is 2. The molecule has 5 heteroatoms. The molecule has 0 aliphatic carbocycles. The highest BCUT2D eigenvalue weighted by atomic mass is 16.1. The summed E-state index contributed by atoms with van der Waals surface area (Å²) in [5.41, 5.74) is 4.50. The van der Waals surface area contributed by atoms with E-state index in [1.54, 1.807) is 6.20 Å². The molecule has 134 valence electrons. The smallest absolute Gasteiger partial charge is 0.251 e. The Balaban J connectivity index is 1.56. The van der Waals surface area contributed by atoms with E-state index in [4.69, 9.17) is 4.98 Å². The maximum Gasteiger partial charge on any atom is 0.251 e. The minimum atomic E-state index is -0.0753. The lowest BCUT2D eigenvalue weighted by molar-refractivity contribution is 0.0952. The van der Waals surface area contributed by atoms with Crippen molar-refractivity contribution in [2.45, 2.75) is 13.5 Å². The normalized spacial score (nSPS) is 10.9. The Bertz CT molecular complexity index is 1070. The number of aryl methyl sites for hydroxylation is 1. The molecule has 1 N–H and O–H groups in total. The Morgan fingerprint density at radius 2 is 1.78 bits per heavy atom. The van der Waals surface area contributed by atoms with E-state index < -0.39 is 0 Å². The molecule has 0 fully saturated rings. The quantitative estimate of drug-likeness (QED) is 0.591. The number of hydrogen-bond acceptors (Lipinski definition) is 3. The second-order valence-electron chi connectivity index (χ2n) is 6.42. The number of imidazole rings is 1. The van der Waals surface area contributed by atoms with Gasteiger partial charge in [-0.25, -0.2) is 9.97 Å². The van der Waals surface area contributed by atoms with Crippen LogP contribution < -0.4 is 5.32 Å². The summed E-state index contributed by atoms with van der Waals surface area (Å²) in [4.78, 5) is 21.6. The third-order valence-corrected chi connectivity index (χ3v) is 4.47. The average molecular weight is 356 g/mol. The summed E-state index contributed by atoms with van der Waals surface area (Å²) >= 11 is 0. The summed E-state index contributed by atoms with van der Waals surface area (Å²) in [6.45, 7) is 3.09. The Hall–Kier alpha value is -3.47. The molecule has 0 unspecified atom stereocenters. The number of amides is 1. The summed E-state index contributed by atoms with van der Waals surface area (Å²) in [6, 6.07) is 21.4. The van der Waals surface area contributed by atoms with E-state index in [0.717, 1.165) is 28.1 Å². The monoisotopic (exact) mass is 356 g/mol. The van der Waals surface area contributed by atoms with Gasteiger partial charge < -0.3 is 9.88 Å². The molecule has 0 atom stereocenters. The number of aromatic nitrogens is 3. The van der Waals surface area contributed by atoms with Crippen molar-refractivity contribution >= 4 is 17.1 Å². The van der Waals surface area contributed by atoms with Crippen LogP contribution in [0.1, 0.15) is 15.9 Å². The summed E-state index contributed by atoms with van der Waals surface area (Å²) in [6.07, 6.45) is 1.76. The van der Waals surface area contributed by atoms with Gasteiger partial charge in [-0.3, -0.25) is 4.79 Å². The number of pyridine rings is 1. The van der Waals surface area contributed by atoms with Crippen LogP contribution in [0.4, 0.5) is 0 Å². The average Bonchev–Trinajstić information content (AvgIpc) is 3.08. The van der Waals surface area contributed by atoms with Gasteiger partial charge in [-0.2, -0.15) is 0 Å². The fourth-order valence-electron chi connectivity index (χ4n) is 3.07. The van der Waals surface area contributed by atoms with Gasteiger partial charge in [-0.1, -0.05) is 48.0 Å². The Morgan fingerprint density at radius 3 is 2.56 bits per heavy atom. The van der Waals surface area contributed by atoms with E-state index in [9.17, 15) is 4.79 Å². The lowest BCUT2D eigenvalue weighted by Gasteiger charge is -2.10. The molecule has 0 aliphatic rings. The lowest BCUT2D eigenvalue weighted by Crippen LogP contribution is -2.27. The fourth-order valence-corrected chi connectivity index (χ4v) is 3.07. The van der Waals surface area contributed by atoms with Crippen LogP contribution in [0.15, 0.2) is 72.9 Å². The van der Waals surface area contributed by atoms with Gasteiger partial charge in [-0.05, 0) is 31.2 Å². The van der Waals surface area contributed by atoms with Gasteiger partial charge in [0.05, 0.1) is 0 Å². The molecule has 0 saturated carbocycles. The largest absolute Gasteiger partial charge is 0.350 e. The fraction of sp³-hybridized carbons (Fsp3) is 0.136. The highest BCUT2D eigenvalue weighted by Crippen LogP contribution is 2.23. The second kappa shape index (κ2) is 7.41. The van der Waals surface area contributed by atoms with Gasteiger partial charge in [0.2, 0.25) is 0 Å². The summed E-state index contributed by atoms with van der Waals surface area (Å²) < 4.78 is 2.06. The van der Waals surface area contributed by atoms with Gasteiger partial charge in [0.25, 0.3) is 5.91 Å². The van der Waals surface area contributed by atoms with E-state index >= 15 is 0 Å². The Labute approximate surface area is 157 Å². The molecule has 4 aromatic rings. The first-order valence-corrected chi connectivity index (χ1v) is 8.94. The number of fused-ring (bicyclic) bond motifs is 1. The van der Waals surface area contributed by atoms with E-state index in [1.165, 1.54) is 0 Å². The summed E-state index contributed by atoms with van der Waals surface area (Å²) in [5.74, 6) is 0.780. The number of nitrogens with one attached hydrogen (secondary N) is 1. The van der Waals surface area contributed by atoms with Crippen molar-refractivity contribution in [1.29, 1.82) is 0 Å². The van der Waals surface area contributed by atoms with Gasteiger partial charge in [0.15, 0.2) is 5.65 Å². The molecule has 5 nitrogen and oxygen atoms in total. The highest BCUT2D eigenvalue weighted by Gasteiger charge is 2.13. The zero-order valence-electron chi connectivity index (χ0n) is 15.1. The van der Waals surface area contributed by atoms with Gasteiger partial charge in [0.1, 0.15) is 11.3 Å². The van der Waals surface area contributed by atoms with Crippen LogP contribution in [-0.2, 0) is 6.54 Å². The highest BCUT2D eigenvalue weighted by molar-refractivity contribution is 5.94. The molecule has 1 amide bonds. The molecule has 0 spiro atoms. The minimum Gasteiger partial charge on any atom is -0.350 e. The first kappa shape index (κ1) is 17.0. The number of nitrogens with zero attached hydrogens (tertiary/aromatic N) is 3. The molecule has 27 heavy (non-hydrogen) atoms. The third kappa shape index (κ3) is 3.58. The number of hydrogen-bond donors (Lipinski definition) is 1. The van der Waals surface area contributed by atoms with Gasteiger partial charge in [0, 0.05) is 30.4 Å². The van der Waals surface area contributed by atoms with Crippen molar-refractivity contribution < 1.29 is 4.79 Å². The van der Waals surface area contributed by atoms with Crippen LogP contribution >= 0.6 is 0 Å². The van der Waals surface area contributed by atoms with Crippen LogP contribution in [0, 0.1) is 6.92 Å². The summed E-state index contributed by atoms with van der Waals surface area (Å²) in [5, 5.41) is 2.98. The molecule has 2 aromatic heterocycles. The van der Waals surface area contributed by atoms with E-state index in [0.29, 0.717) is 18.7 Å². The third-order valence-electron chi connectivity index (χ3n) is 4.47. The van der Waals surface area contributed by atoms with Crippen molar-refractivity contribution in [2.24, 2.45) is 0 Å².